The van der Waals surface area contributed by atoms with Crippen LogP contribution < -0.4 is 9.73 Å². The van der Waals surface area contributed by atoms with Crippen LogP contribution in [0.25, 0.3) is 0 Å². The third-order valence-corrected chi connectivity index (χ3v) is 6.96. The molecule has 5 nitrogen and oxygen atoms in total. The van der Waals surface area contributed by atoms with Crippen molar-refractivity contribution in [1.29, 1.82) is 0 Å². The van der Waals surface area contributed by atoms with Gasteiger partial charge in [-0.3, -0.25) is 0 Å². The van der Waals surface area contributed by atoms with Gasteiger partial charge in [0, 0.05) is 24.3 Å². The average Bonchev–Trinajstić information content (AvgIpc) is 2.88. The SMILES string of the molecule is C/C(=N/NS(=O)(=O)c1ccc(C)cc1)c1ccccc1N(Cc1ccccc1)Cc1ccccc1. The maximum atomic E-state index is 12.8. The van der Waals surface area contributed by atoms with E-state index >= 15 is 0 Å². The van der Waals surface area contributed by atoms with Gasteiger partial charge < -0.3 is 4.90 Å². The number of aryl methyl sites for hydroxylation is 1. The lowest BCUT2D eigenvalue weighted by atomic mass is 10.1. The molecule has 0 spiro atoms. The molecule has 0 heterocycles. The highest BCUT2D eigenvalue weighted by atomic mass is 32.2. The van der Waals surface area contributed by atoms with E-state index in [0.717, 1.165) is 16.8 Å². The summed E-state index contributed by atoms with van der Waals surface area (Å²) in [7, 11) is -3.76. The maximum Gasteiger partial charge on any atom is 0.276 e. The first-order valence-electron chi connectivity index (χ1n) is 11.5. The fourth-order valence-electron chi connectivity index (χ4n) is 3.85. The lowest BCUT2D eigenvalue weighted by Crippen LogP contribution is -2.25. The van der Waals surface area contributed by atoms with Crippen LogP contribution >= 0.6 is 0 Å². The van der Waals surface area contributed by atoms with Crippen LogP contribution in [-0.2, 0) is 23.1 Å². The van der Waals surface area contributed by atoms with Crippen LogP contribution in [0.5, 0.6) is 0 Å². The standard InChI is InChI=1S/C29H29N3O2S/c1-23-17-19-27(20-18-23)35(33,34)31-30-24(2)28-15-9-10-16-29(28)32(21-25-11-5-3-6-12-25)22-26-13-7-4-8-14-26/h3-20,31H,21-22H2,1-2H3/b30-24-. The van der Waals surface area contributed by atoms with Crippen molar-refractivity contribution in [2.75, 3.05) is 4.90 Å². The van der Waals surface area contributed by atoms with Crippen LogP contribution in [0.2, 0.25) is 0 Å². The van der Waals surface area contributed by atoms with Crippen molar-refractivity contribution < 1.29 is 8.42 Å². The molecule has 0 aliphatic carbocycles. The predicted molar refractivity (Wildman–Crippen MR) is 143 cm³/mol. The summed E-state index contributed by atoms with van der Waals surface area (Å²) in [6, 6.07) is 35.3. The first-order valence-corrected chi connectivity index (χ1v) is 13.0. The molecule has 0 aliphatic rings. The Labute approximate surface area is 207 Å². The van der Waals surface area contributed by atoms with Gasteiger partial charge in [0.1, 0.15) is 0 Å². The second-order valence-electron chi connectivity index (χ2n) is 8.45. The topological polar surface area (TPSA) is 61.8 Å². The van der Waals surface area contributed by atoms with Gasteiger partial charge in [0.05, 0.1) is 10.6 Å². The number of nitrogens with zero attached hydrogens (tertiary/aromatic N) is 2. The van der Waals surface area contributed by atoms with Crippen molar-refractivity contribution in [1.82, 2.24) is 4.83 Å². The van der Waals surface area contributed by atoms with E-state index in [0.29, 0.717) is 18.8 Å². The molecular formula is C29H29N3O2S. The van der Waals surface area contributed by atoms with Crippen molar-refractivity contribution in [3.63, 3.8) is 0 Å². The number of hydrogen-bond donors (Lipinski definition) is 1. The molecule has 1 N–H and O–H groups in total. The van der Waals surface area contributed by atoms with E-state index in [-0.39, 0.29) is 4.90 Å². The van der Waals surface area contributed by atoms with Gasteiger partial charge in [0.25, 0.3) is 10.0 Å². The number of hydrogen-bond acceptors (Lipinski definition) is 4. The van der Waals surface area contributed by atoms with Crippen LogP contribution in [0.4, 0.5) is 5.69 Å². The van der Waals surface area contributed by atoms with E-state index in [1.54, 1.807) is 24.3 Å². The zero-order valence-corrected chi connectivity index (χ0v) is 20.7. The molecule has 0 saturated carbocycles. The second kappa shape index (κ2) is 11.0. The smallest absolute Gasteiger partial charge is 0.276 e. The number of nitrogens with one attached hydrogen (secondary N) is 1. The molecule has 4 aromatic rings. The molecule has 4 rings (SSSR count). The largest absolute Gasteiger partial charge is 0.362 e. The highest BCUT2D eigenvalue weighted by Gasteiger charge is 2.16. The third-order valence-electron chi connectivity index (χ3n) is 5.73. The lowest BCUT2D eigenvalue weighted by Gasteiger charge is -2.27. The zero-order valence-electron chi connectivity index (χ0n) is 19.9. The van der Waals surface area contributed by atoms with E-state index in [9.17, 15) is 8.42 Å². The fourth-order valence-corrected chi connectivity index (χ4v) is 4.71. The first kappa shape index (κ1) is 24.2. The Morgan fingerprint density at radius 2 is 1.26 bits per heavy atom. The van der Waals surface area contributed by atoms with Gasteiger partial charge in [0.15, 0.2) is 0 Å². The molecular weight excluding hydrogens is 454 g/mol. The zero-order chi connectivity index (χ0) is 24.7. The molecule has 178 valence electrons. The summed E-state index contributed by atoms with van der Waals surface area (Å²) < 4.78 is 25.5. The molecule has 0 aliphatic heterocycles. The van der Waals surface area contributed by atoms with Gasteiger partial charge in [-0.1, -0.05) is 96.6 Å². The summed E-state index contributed by atoms with van der Waals surface area (Å²) in [5.41, 5.74) is 5.81. The molecule has 0 fully saturated rings. The number of sulfonamides is 1. The van der Waals surface area contributed by atoms with E-state index in [2.05, 4.69) is 45.2 Å². The maximum absolute atomic E-state index is 12.8. The summed E-state index contributed by atoms with van der Waals surface area (Å²) in [6.07, 6.45) is 0. The number of anilines is 1. The first-order chi connectivity index (χ1) is 16.9. The van der Waals surface area contributed by atoms with Gasteiger partial charge in [0.2, 0.25) is 0 Å². The van der Waals surface area contributed by atoms with E-state index in [1.807, 2.05) is 68.4 Å². The molecule has 0 radical (unpaired) electrons. The monoisotopic (exact) mass is 483 g/mol. The summed E-state index contributed by atoms with van der Waals surface area (Å²) in [5.74, 6) is 0. The molecule has 0 unspecified atom stereocenters. The highest BCUT2D eigenvalue weighted by Crippen LogP contribution is 2.25. The Hall–Kier alpha value is -3.90. The molecule has 0 atom stereocenters. The van der Waals surface area contributed by atoms with Gasteiger partial charge >= 0.3 is 0 Å². The van der Waals surface area contributed by atoms with Crippen LogP contribution in [-0.4, -0.2) is 14.1 Å². The lowest BCUT2D eigenvalue weighted by molar-refractivity contribution is 0.584. The van der Waals surface area contributed by atoms with Crippen molar-refractivity contribution in [3.8, 4) is 0 Å². The Morgan fingerprint density at radius 3 is 1.83 bits per heavy atom. The minimum absolute atomic E-state index is 0.183. The molecule has 6 heteroatoms. The summed E-state index contributed by atoms with van der Waals surface area (Å²) in [5, 5.41) is 4.27. The van der Waals surface area contributed by atoms with E-state index in [4.69, 9.17) is 0 Å². The summed E-state index contributed by atoms with van der Waals surface area (Å²) >= 11 is 0. The van der Waals surface area contributed by atoms with Crippen molar-refractivity contribution >= 4 is 21.4 Å². The Bertz CT molecular complexity index is 1340. The quantitative estimate of drug-likeness (QED) is 0.238. The molecule has 0 saturated heterocycles. The third kappa shape index (κ3) is 6.37. The van der Waals surface area contributed by atoms with Crippen LogP contribution in [0.15, 0.2) is 119 Å². The Balaban J connectivity index is 1.65. The van der Waals surface area contributed by atoms with E-state index in [1.165, 1.54) is 11.1 Å². The van der Waals surface area contributed by atoms with E-state index < -0.39 is 10.0 Å². The summed E-state index contributed by atoms with van der Waals surface area (Å²) in [6.45, 7) is 5.14. The fraction of sp³-hybridized carbons (Fsp3) is 0.138. The van der Waals surface area contributed by atoms with Crippen molar-refractivity contribution in [2.45, 2.75) is 31.8 Å². The number of para-hydroxylation sites is 1. The average molecular weight is 484 g/mol. The number of hydrazone groups is 1. The molecule has 0 amide bonds. The van der Waals surface area contributed by atoms with Gasteiger partial charge in [-0.2, -0.15) is 18.4 Å². The van der Waals surface area contributed by atoms with Gasteiger partial charge in [-0.15, -0.1) is 0 Å². The highest BCUT2D eigenvalue weighted by molar-refractivity contribution is 7.89. The number of rotatable bonds is 9. The molecule has 4 aromatic carbocycles. The summed E-state index contributed by atoms with van der Waals surface area (Å²) in [4.78, 5) is 4.87. The van der Waals surface area contributed by atoms with Crippen LogP contribution in [0, 0.1) is 6.92 Å². The Morgan fingerprint density at radius 1 is 0.743 bits per heavy atom. The van der Waals surface area contributed by atoms with Crippen molar-refractivity contribution in [3.05, 3.63) is 131 Å². The minimum atomic E-state index is -3.76. The second-order valence-corrected chi connectivity index (χ2v) is 10.1. The van der Waals surface area contributed by atoms with Crippen LogP contribution in [0.3, 0.4) is 0 Å². The number of benzene rings is 4. The molecule has 0 aromatic heterocycles. The molecule has 0 bridgehead atoms. The normalized spacial score (nSPS) is 11.8. The minimum Gasteiger partial charge on any atom is -0.362 e. The Kier molecular flexibility index (Phi) is 7.63. The van der Waals surface area contributed by atoms with Crippen LogP contribution in [0.1, 0.15) is 29.2 Å². The van der Waals surface area contributed by atoms with Crippen molar-refractivity contribution in [2.24, 2.45) is 5.10 Å². The van der Waals surface area contributed by atoms with Gasteiger partial charge in [-0.05, 0) is 43.2 Å². The van der Waals surface area contributed by atoms with Gasteiger partial charge in [-0.25, -0.2) is 0 Å². The molecule has 35 heavy (non-hydrogen) atoms. The predicted octanol–water partition coefficient (Wildman–Crippen LogP) is 5.90.